The number of nitrogens with zero attached hydrogens (tertiary/aromatic N) is 1. The lowest BCUT2D eigenvalue weighted by atomic mass is 10.1. The third-order valence-electron chi connectivity index (χ3n) is 3.17. The molecule has 1 heterocycles. The summed E-state index contributed by atoms with van der Waals surface area (Å²) in [6.07, 6.45) is 1.77. The Morgan fingerprint density at radius 2 is 2.12 bits per heavy atom. The van der Waals surface area contributed by atoms with Crippen molar-refractivity contribution in [2.45, 2.75) is 19.8 Å². The number of hydrogen-bond acceptors (Lipinski definition) is 1. The Morgan fingerprint density at radius 3 is 2.81 bits per heavy atom. The Bertz CT molecular complexity index is 516. The lowest BCUT2D eigenvalue weighted by Crippen LogP contribution is -1.94. The molecule has 0 aliphatic carbocycles. The summed E-state index contributed by atoms with van der Waals surface area (Å²) in [5, 5.41) is 10.2. The van der Waals surface area contributed by atoms with E-state index in [9.17, 15) is 0 Å². The third-order valence-corrected chi connectivity index (χ3v) is 3.81. The van der Waals surface area contributed by atoms with Gasteiger partial charge < -0.3 is 9.67 Å². The van der Waals surface area contributed by atoms with Crippen LogP contribution in [0.5, 0.6) is 0 Å². The summed E-state index contributed by atoms with van der Waals surface area (Å²) in [6, 6.07) is 6.28. The predicted octanol–water partition coefficient (Wildman–Crippen LogP) is 3.17. The van der Waals surface area contributed by atoms with E-state index in [2.05, 4.69) is 52.7 Å². The molecular weight excluding hydrogens is 266 g/mol. The van der Waals surface area contributed by atoms with Crippen LogP contribution in [0.25, 0.3) is 10.9 Å². The minimum atomic E-state index is 0.254. The average molecular weight is 282 g/mol. The molecule has 16 heavy (non-hydrogen) atoms. The zero-order chi connectivity index (χ0) is 11.7. The van der Waals surface area contributed by atoms with Crippen molar-refractivity contribution in [2.75, 3.05) is 6.61 Å². The molecule has 1 N–H and O–H groups in total. The quantitative estimate of drug-likeness (QED) is 0.919. The largest absolute Gasteiger partial charge is 0.396 e. The summed E-state index contributed by atoms with van der Waals surface area (Å²) in [7, 11) is 2.09. The molecule has 0 atom stereocenters. The maximum atomic E-state index is 8.94. The number of para-hydroxylation sites is 1. The number of hydrogen-bond donors (Lipinski definition) is 1. The number of aliphatic hydroxyl groups excluding tert-OH is 1. The molecule has 0 saturated carbocycles. The van der Waals surface area contributed by atoms with E-state index in [1.807, 2.05) is 0 Å². The summed E-state index contributed by atoms with van der Waals surface area (Å²) in [6.45, 7) is 2.39. The molecule has 0 fully saturated rings. The van der Waals surface area contributed by atoms with Crippen LogP contribution in [-0.4, -0.2) is 16.3 Å². The molecule has 2 nitrogen and oxygen atoms in total. The van der Waals surface area contributed by atoms with Crippen molar-refractivity contribution in [2.24, 2.45) is 7.05 Å². The van der Waals surface area contributed by atoms with Crippen LogP contribution in [0.3, 0.4) is 0 Å². The highest BCUT2D eigenvalue weighted by molar-refractivity contribution is 9.10. The van der Waals surface area contributed by atoms with Gasteiger partial charge in [-0.15, -0.1) is 0 Å². The molecule has 0 saturated heterocycles. The second kappa shape index (κ2) is 4.60. The van der Waals surface area contributed by atoms with Gasteiger partial charge in [-0.3, -0.25) is 0 Å². The van der Waals surface area contributed by atoms with Gasteiger partial charge in [0.05, 0.1) is 5.52 Å². The van der Waals surface area contributed by atoms with E-state index in [4.69, 9.17) is 5.11 Å². The lowest BCUT2D eigenvalue weighted by Gasteiger charge is -2.00. The van der Waals surface area contributed by atoms with Crippen molar-refractivity contribution in [3.8, 4) is 0 Å². The van der Waals surface area contributed by atoms with Crippen molar-refractivity contribution in [3.05, 3.63) is 33.9 Å². The fourth-order valence-corrected chi connectivity index (χ4v) is 2.87. The Kier molecular flexibility index (Phi) is 3.36. The van der Waals surface area contributed by atoms with Crippen LogP contribution < -0.4 is 0 Å². The number of fused-ring (bicyclic) bond motifs is 1. The van der Waals surface area contributed by atoms with Gasteiger partial charge in [0.25, 0.3) is 0 Å². The Labute approximate surface area is 104 Å². The molecule has 86 valence electrons. The molecule has 0 amide bonds. The summed E-state index contributed by atoms with van der Waals surface area (Å²) < 4.78 is 3.34. The van der Waals surface area contributed by atoms with E-state index < -0.39 is 0 Å². The zero-order valence-corrected chi connectivity index (χ0v) is 11.2. The normalized spacial score (nSPS) is 11.2. The van der Waals surface area contributed by atoms with Crippen molar-refractivity contribution in [3.63, 3.8) is 0 Å². The summed E-state index contributed by atoms with van der Waals surface area (Å²) in [5.74, 6) is 0. The SMILES string of the molecule is Cc1c(CCCO)c2cccc(Br)c2n1C. The molecule has 3 heteroatoms. The van der Waals surface area contributed by atoms with E-state index in [1.165, 1.54) is 22.2 Å². The highest BCUT2D eigenvalue weighted by Crippen LogP contribution is 2.31. The minimum Gasteiger partial charge on any atom is -0.396 e. The minimum absolute atomic E-state index is 0.254. The smallest absolute Gasteiger partial charge is 0.0627 e. The standard InChI is InChI=1S/C13H16BrNO/c1-9-10(6-4-8-16)11-5-3-7-12(14)13(11)15(9)2/h3,5,7,16H,4,6,8H2,1-2H3. The first-order valence-corrected chi connectivity index (χ1v) is 6.29. The van der Waals surface area contributed by atoms with Crippen molar-refractivity contribution < 1.29 is 5.11 Å². The van der Waals surface area contributed by atoms with E-state index in [0.29, 0.717) is 0 Å². The van der Waals surface area contributed by atoms with Crippen molar-refractivity contribution >= 4 is 26.8 Å². The summed E-state index contributed by atoms with van der Waals surface area (Å²) in [4.78, 5) is 0. The number of benzene rings is 1. The maximum absolute atomic E-state index is 8.94. The van der Waals surface area contributed by atoms with Crippen LogP contribution in [-0.2, 0) is 13.5 Å². The van der Waals surface area contributed by atoms with Gasteiger partial charge in [-0.2, -0.15) is 0 Å². The molecule has 0 aliphatic rings. The molecule has 2 rings (SSSR count). The fourth-order valence-electron chi connectivity index (χ4n) is 2.24. The third kappa shape index (κ3) is 1.78. The highest BCUT2D eigenvalue weighted by Gasteiger charge is 2.12. The van der Waals surface area contributed by atoms with Gasteiger partial charge in [-0.25, -0.2) is 0 Å². The van der Waals surface area contributed by atoms with Crippen LogP contribution >= 0.6 is 15.9 Å². The predicted molar refractivity (Wildman–Crippen MR) is 70.8 cm³/mol. The molecule has 1 aromatic carbocycles. The molecular formula is C13H16BrNO. The van der Waals surface area contributed by atoms with E-state index in [1.54, 1.807) is 0 Å². The van der Waals surface area contributed by atoms with Gasteiger partial charge in [0.1, 0.15) is 0 Å². The molecule has 0 radical (unpaired) electrons. The van der Waals surface area contributed by atoms with Crippen LogP contribution in [0.2, 0.25) is 0 Å². The summed E-state index contributed by atoms with van der Waals surface area (Å²) >= 11 is 3.59. The number of aryl methyl sites for hydroxylation is 2. The van der Waals surface area contributed by atoms with Gasteiger partial charge in [0.2, 0.25) is 0 Å². The Balaban J connectivity index is 2.64. The van der Waals surface area contributed by atoms with Crippen LogP contribution in [0.1, 0.15) is 17.7 Å². The molecule has 1 aromatic heterocycles. The second-order valence-electron chi connectivity index (χ2n) is 4.09. The van der Waals surface area contributed by atoms with Gasteiger partial charge in [0, 0.05) is 29.2 Å². The monoisotopic (exact) mass is 281 g/mol. The molecule has 2 aromatic rings. The Morgan fingerprint density at radius 1 is 1.38 bits per heavy atom. The molecule has 0 spiro atoms. The van der Waals surface area contributed by atoms with Crippen LogP contribution in [0, 0.1) is 6.92 Å². The summed E-state index contributed by atoms with van der Waals surface area (Å²) in [5.41, 5.74) is 3.89. The number of rotatable bonds is 3. The topological polar surface area (TPSA) is 25.2 Å². The maximum Gasteiger partial charge on any atom is 0.0627 e. The zero-order valence-electron chi connectivity index (χ0n) is 9.63. The molecule has 0 bridgehead atoms. The fraction of sp³-hybridized carbons (Fsp3) is 0.385. The van der Waals surface area contributed by atoms with Gasteiger partial charge in [-0.1, -0.05) is 12.1 Å². The van der Waals surface area contributed by atoms with Crippen molar-refractivity contribution in [1.82, 2.24) is 4.57 Å². The average Bonchev–Trinajstić information content (AvgIpc) is 2.51. The van der Waals surface area contributed by atoms with E-state index in [0.717, 1.165) is 17.3 Å². The van der Waals surface area contributed by atoms with Gasteiger partial charge >= 0.3 is 0 Å². The van der Waals surface area contributed by atoms with Crippen molar-refractivity contribution in [1.29, 1.82) is 0 Å². The molecule has 0 aliphatic heterocycles. The van der Waals surface area contributed by atoms with Gasteiger partial charge in [-0.05, 0) is 47.3 Å². The van der Waals surface area contributed by atoms with Crippen LogP contribution in [0.4, 0.5) is 0 Å². The highest BCUT2D eigenvalue weighted by atomic mass is 79.9. The first-order valence-electron chi connectivity index (χ1n) is 5.50. The second-order valence-corrected chi connectivity index (χ2v) is 4.94. The lowest BCUT2D eigenvalue weighted by molar-refractivity contribution is 0.288. The first kappa shape index (κ1) is 11.7. The van der Waals surface area contributed by atoms with E-state index >= 15 is 0 Å². The number of halogens is 1. The Hall–Kier alpha value is -0.800. The van der Waals surface area contributed by atoms with Gasteiger partial charge in [0.15, 0.2) is 0 Å². The first-order chi connectivity index (χ1) is 7.66. The van der Waals surface area contributed by atoms with Crippen LogP contribution in [0.15, 0.2) is 22.7 Å². The number of aliphatic hydroxyl groups is 1. The molecule has 0 unspecified atom stereocenters. The van der Waals surface area contributed by atoms with E-state index in [-0.39, 0.29) is 6.61 Å². The number of aromatic nitrogens is 1.